The lowest BCUT2D eigenvalue weighted by Crippen LogP contribution is -1.90. The smallest absolute Gasteiger partial charge is 0.290 e. The number of carboxylic acid groups (broad SMARTS) is 1. The maximum atomic E-state index is 8.58. The molecule has 0 saturated heterocycles. The van der Waals surface area contributed by atoms with Gasteiger partial charge in [0.25, 0.3) is 6.47 Å². The number of hydrogen-bond acceptors (Lipinski definition) is 7. The molecule has 0 unspecified atom stereocenters. The molecule has 0 saturated carbocycles. The molecule has 1 amide bonds. The average molecular weight is 435 g/mol. The lowest BCUT2D eigenvalue weighted by Gasteiger charge is -2.05. The number of nitrogen functional groups attached to an aromatic ring is 1. The van der Waals surface area contributed by atoms with Crippen molar-refractivity contribution in [2.24, 2.45) is 11.5 Å². The Balaban J connectivity index is -0.000000388. The molecular formula is C22H34N4O5. The topological polar surface area (TPSA) is 168 Å². The predicted molar refractivity (Wildman–Crippen MR) is 124 cm³/mol. The van der Waals surface area contributed by atoms with Gasteiger partial charge in [-0.05, 0) is 26.1 Å². The van der Waals surface area contributed by atoms with Crippen LogP contribution in [-0.4, -0.2) is 37.1 Å². The fourth-order valence-corrected chi connectivity index (χ4v) is 1.79. The summed E-state index contributed by atoms with van der Waals surface area (Å²) in [6.45, 7) is 5.83. The van der Waals surface area contributed by atoms with Gasteiger partial charge in [0.05, 0.1) is 18.9 Å². The first-order valence-electron chi connectivity index (χ1n) is 9.18. The molecule has 0 bridgehead atoms. The monoisotopic (exact) mass is 434 g/mol. The largest absolute Gasteiger partial charge is 0.496 e. The number of carbonyl (C=O) groups is 2. The highest BCUT2D eigenvalue weighted by molar-refractivity contribution is 5.68. The zero-order chi connectivity index (χ0) is 24.5. The highest BCUT2D eigenvalue weighted by atomic mass is 16.5. The maximum absolute atomic E-state index is 8.58. The highest BCUT2D eigenvalue weighted by Gasteiger charge is 2.08. The zero-order valence-corrected chi connectivity index (χ0v) is 18.7. The van der Waals surface area contributed by atoms with Crippen molar-refractivity contribution >= 4 is 18.6 Å². The number of amides is 1. The van der Waals surface area contributed by atoms with E-state index in [-0.39, 0.29) is 12.9 Å². The molecule has 3 aromatic rings. The number of rotatable bonds is 2. The summed E-state index contributed by atoms with van der Waals surface area (Å²) in [5, 5.41) is 6.89. The van der Waals surface area contributed by atoms with Gasteiger partial charge in [0.1, 0.15) is 5.75 Å². The summed E-state index contributed by atoms with van der Waals surface area (Å²) >= 11 is 0. The second kappa shape index (κ2) is 24.2. The standard InChI is InChI=1S/C10H10N2O2.C7H8.C2H6.CH3NO.CH5N.CH2O2/c1-13-9-4-7(11)2-3-8(9)10-5-12-6-14-10;1-7-5-3-2-4-6-7;1-2;2-1-3;1-2;2-1-3/h2-6H,11H2,1H3;2-6H,1H3;1-2H3;1H,(H2,2,3);2H2,1H3;1H,(H,2,3). The summed E-state index contributed by atoms with van der Waals surface area (Å²) in [4.78, 5) is 20.8. The Morgan fingerprint density at radius 1 is 1.06 bits per heavy atom. The first-order chi connectivity index (χ1) is 15.0. The third kappa shape index (κ3) is 16.8. The fourth-order valence-electron chi connectivity index (χ4n) is 1.79. The number of oxazole rings is 1. The molecule has 0 spiro atoms. The molecule has 1 aromatic heterocycles. The van der Waals surface area contributed by atoms with E-state index in [9.17, 15) is 0 Å². The number of anilines is 1. The number of aromatic nitrogens is 1. The van der Waals surface area contributed by atoms with Gasteiger partial charge in [-0.25, -0.2) is 4.98 Å². The van der Waals surface area contributed by atoms with Crippen LogP contribution >= 0.6 is 0 Å². The van der Waals surface area contributed by atoms with E-state index in [1.54, 1.807) is 25.4 Å². The molecule has 0 aliphatic carbocycles. The first kappa shape index (κ1) is 31.8. The first-order valence-corrected chi connectivity index (χ1v) is 9.18. The fraction of sp³-hybridized carbons (Fsp3) is 0.227. The summed E-state index contributed by atoms with van der Waals surface area (Å²) in [5.41, 5.74) is 17.1. The zero-order valence-electron chi connectivity index (χ0n) is 18.7. The van der Waals surface area contributed by atoms with Gasteiger partial charge >= 0.3 is 0 Å². The summed E-state index contributed by atoms with van der Waals surface area (Å²) in [6.07, 6.45) is 3.26. The van der Waals surface area contributed by atoms with Crippen molar-refractivity contribution in [3.63, 3.8) is 0 Å². The van der Waals surface area contributed by atoms with Gasteiger partial charge in [0, 0.05) is 11.8 Å². The predicted octanol–water partition coefficient (Wildman–Crippen LogP) is 3.33. The number of aryl methyl sites for hydroxylation is 1. The second-order valence-corrected chi connectivity index (χ2v) is 4.72. The second-order valence-electron chi connectivity index (χ2n) is 4.72. The van der Waals surface area contributed by atoms with Crippen LogP contribution < -0.4 is 21.9 Å². The van der Waals surface area contributed by atoms with Gasteiger partial charge < -0.3 is 31.5 Å². The van der Waals surface area contributed by atoms with Crippen LogP contribution in [0.15, 0.2) is 65.5 Å². The number of methoxy groups -OCH3 is 1. The molecule has 31 heavy (non-hydrogen) atoms. The molecule has 0 radical (unpaired) electrons. The number of primary amides is 1. The van der Waals surface area contributed by atoms with Crippen molar-refractivity contribution in [3.05, 3.63) is 66.7 Å². The molecule has 9 heteroatoms. The molecular weight excluding hydrogens is 400 g/mol. The van der Waals surface area contributed by atoms with Crippen molar-refractivity contribution in [2.45, 2.75) is 20.8 Å². The Morgan fingerprint density at radius 3 is 1.94 bits per heavy atom. The van der Waals surface area contributed by atoms with Crippen molar-refractivity contribution in [3.8, 4) is 17.1 Å². The van der Waals surface area contributed by atoms with Gasteiger partial charge in [-0.1, -0.05) is 49.7 Å². The van der Waals surface area contributed by atoms with Gasteiger partial charge in [-0.2, -0.15) is 0 Å². The van der Waals surface area contributed by atoms with Crippen LogP contribution in [0.5, 0.6) is 5.75 Å². The van der Waals surface area contributed by atoms with Gasteiger partial charge in [-0.3, -0.25) is 9.59 Å². The van der Waals surface area contributed by atoms with Crippen molar-refractivity contribution in [1.82, 2.24) is 4.98 Å². The van der Waals surface area contributed by atoms with Gasteiger partial charge in [-0.15, -0.1) is 0 Å². The van der Waals surface area contributed by atoms with E-state index in [2.05, 4.69) is 35.5 Å². The number of benzene rings is 2. The summed E-state index contributed by atoms with van der Waals surface area (Å²) in [6, 6.07) is 15.6. The SMILES string of the molecule is CC.CN.COc1cc(N)ccc1-c1cnco1.Cc1ccccc1.NC=O.O=CO. The minimum atomic E-state index is -0.250. The number of ether oxygens (including phenoxy) is 1. The number of hydrogen-bond donors (Lipinski definition) is 4. The maximum Gasteiger partial charge on any atom is 0.290 e. The molecule has 7 N–H and O–H groups in total. The van der Waals surface area contributed by atoms with Crippen LogP contribution in [0.1, 0.15) is 19.4 Å². The third-order valence-corrected chi connectivity index (χ3v) is 2.86. The highest BCUT2D eigenvalue weighted by Crippen LogP contribution is 2.31. The van der Waals surface area contributed by atoms with Crippen LogP contribution in [0.25, 0.3) is 11.3 Å². The number of nitrogens with two attached hydrogens (primary N) is 3. The Kier molecular flexibility index (Phi) is 24.8. The van der Waals surface area contributed by atoms with Crippen molar-refractivity contribution in [2.75, 3.05) is 19.9 Å². The molecule has 1 heterocycles. The molecule has 9 nitrogen and oxygen atoms in total. The van der Waals surface area contributed by atoms with E-state index in [4.69, 9.17) is 29.6 Å². The van der Waals surface area contributed by atoms with Crippen LogP contribution in [-0.2, 0) is 9.59 Å². The van der Waals surface area contributed by atoms with E-state index in [0.717, 1.165) is 5.56 Å². The van der Waals surface area contributed by atoms with E-state index in [1.807, 2.05) is 38.1 Å². The molecule has 0 aliphatic rings. The van der Waals surface area contributed by atoms with Gasteiger partial charge in [0.15, 0.2) is 12.2 Å². The quantitative estimate of drug-likeness (QED) is 0.352. The number of nitrogens with zero attached hydrogens (tertiary/aromatic N) is 1. The van der Waals surface area contributed by atoms with Crippen LogP contribution in [0.4, 0.5) is 5.69 Å². The summed E-state index contributed by atoms with van der Waals surface area (Å²) in [5.74, 6) is 1.35. The molecule has 172 valence electrons. The molecule has 0 aliphatic heterocycles. The van der Waals surface area contributed by atoms with E-state index >= 15 is 0 Å². The Hall–Kier alpha value is -3.85. The summed E-state index contributed by atoms with van der Waals surface area (Å²) in [7, 11) is 3.09. The Morgan fingerprint density at radius 2 is 1.58 bits per heavy atom. The van der Waals surface area contributed by atoms with Crippen LogP contribution in [0, 0.1) is 6.92 Å². The Labute approximate surface area is 183 Å². The molecule has 0 fully saturated rings. The number of carbonyl (C=O) groups excluding carboxylic acids is 1. The molecule has 2 aromatic carbocycles. The molecule has 0 atom stereocenters. The van der Waals surface area contributed by atoms with E-state index in [1.165, 1.54) is 19.0 Å². The van der Waals surface area contributed by atoms with Crippen molar-refractivity contribution in [1.29, 1.82) is 0 Å². The van der Waals surface area contributed by atoms with Crippen LogP contribution in [0.2, 0.25) is 0 Å². The summed E-state index contributed by atoms with van der Waals surface area (Å²) < 4.78 is 10.4. The minimum Gasteiger partial charge on any atom is -0.496 e. The third-order valence-electron chi connectivity index (χ3n) is 2.86. The molecule has 3 rings (SSSR count). The average Bonchev–Trinajstić information content (AvgIpc) is 3.33. The van der Waals surface area contributed by atoms with E-state index < -0.39 is 0 Å². The lowest BCUT2D eigenvalue weighted by molar-refractivity contribution is -0.122. The minimum absolute atomic E-state index is 0.250. The van der Waals surface area contributed by atoms with Gasteiger partial charge in [0.2, 0.25) is 6.41 Å². The Bertz CT molecular complexity index is 761. The van der Waals surface area contributed by atoms with Crippen molar-refractivity contribution < 1.29 is 23.8 Å². The van der Waals surface area contributed by atoms with Crippen LogP contribution in [0.3, 0.4) is 0 Å². The normalized spacial score (nSPS) is 7.68. The lowest BCUT2D eigenvalue weighted by atomic mass is 10.1. The van der Waals surface area contributed by atoms with E-state index in [0.29, 0.717) is 17.2 Å².